The van der Waals surface area contributed by atoms with Crippen molar-refractivity contribution in [3.63, 3.8) is 0 Å². The number of aldehydes is 1. The van der Waals surface area contributed by atoms with E-state index in [-0.39, 0.29) is 6.61 Å². The lowest BCUT2D eigenvalue weighted by Gasteiger charge is -2.32. The van der Waals surface area contributed by atoms with Crippen LogP contribution >= 0.6 is 0 Å². The summed E-state index contributed by atoms with van der Waals surface area (Å²) >= 11 is 0. The Kier molecular flexibility index (Phi) is 5.70. The lowest BCUT2D eigenvalue weighted by Crippen LogP contribution is -2.36. The van der Waals surface area contributed by atoms with Crippen LogP contribution in [0, 0.1) is 0 Å². The molecule has 0 aliphatic heterocycles. The SMILES string of the molecule is CCC(CC)N(CCO)c1ccc(C=O)cc1. The summed E-state index contributed by atoms with van der Waals surface area (Å²) in [5, 5.41) is 9.14. The number of carbonyl (C=O) groups excluding carboxylic acids is 1. The van der Waals surface area contributed by atoms with Crippen LogP contribution in [0.5, 0.6) is 0 Å². The van der Waals surface area contributed by atoms with Gasteiger partial charge in [-0.3, -0.25) is 4.79 Å². The quantitative estimate of drug-likeness (QED) is 0.738. The normalized spacial score (nSPS) is 10.6. The van der Waals surface area contributed by atoms with Gasteiger partial charge in [-0.2, -0.15) is 0 Å². The lowest BCUT2D eigenvalue weighted by atomic mass is 10.1. The highest BCUT2D eigenvalue weighted by atomic mass is 16.3. The van der Waals surface area contributed by atoms with Crippen LogP contribution in [-0.4, -0.2) is 30.6 Å². The molecule has 0 heterocycles. The largest absolute Gasteiger partial charge is 0.395 e. The van der Waals surface area contributed by atoms with Crippen molar-refractivity contribution in [3.8, 4) is 0 Å². The number of nitrogens with zero attached hydrogens (tertiary/aromatic N) is 1. The van der Waals surface area contributed by atoms with E-state index >= 15 is 0 Å². The molecule has 1 rings (SSSR count). The van der Waals surface area contributed by atoms with Gasteiger partial charge in [0, 0.05) is 23.8 Å². The molecule has 0 unspecified atom stereocenters. The minimum Gasteiger partial charge on any atom is -0.395 e. The maximum absolute atomic E-state index is 10.6. The molecule has 0 aliphatic rings. The zero-order chi connectivity index (χ0) is 12.7. The molecule has 0 spiro atoms. The van der Waals surface area contributed by atoms with Gasteiger partial charge in [0.15, 0.2) is 0 Å². The first kappa shape index (κ1) is 13.7. The molecule has 0 aliphatic carbocycles. The molecule has 17 heavy (non-hydrogen) atoms. The van der Waals surface area contributed by atoms with Crippen molar-refractivity contribution in [2.24, 2.45) is 0 Å². The molecule has 1 N–H and O–H groups in total. The molecule has 0 fully saturated rings. The van der Waals surface area contributed by atoms with Gasteiger partial charge in [0.25, 0.3) is 0 Å². The van der Waals surface area contributed by atoms with Gasteiger partial charge >= 0.3 is 0 Å². The van der Waals surface area contributed by atoms with Gasteiger partial charge in [0.1, 0.15) is 6.29 Å². The van der Waals surface area contributed by atoms with Crippen LogP contribution < -0.4 is 4.90 Å². The molecule has 0 saturated carbocycles. The van der Waals surface area contributed by atoms with Crippen molar-refractivity contribution < 1.29 is 9.90 Å². The van der Waals surface area contributed by atoms with Crippen LogP contribution in [0.3, 0.4) is 0 Å². The summed E-state index contributed by atoms with van der Waals surface area (Å²) < 4.78 is 0. The van der Waals surface area contributed by atoms with Gasteiger partial charge < -0.3 is 10.0 Å². The number of anilines is 1. The highest BCUT2D eigenvalue weighted by molar-refractivity contribution is 5.75. The third-order valence-corrected chi connectivity index (χ3v) is 3.08. The highest BCUT2D eigenvalue weighted by Crippen LogP contribution is 2.20. The predicted octanol–water partition coefficient (Wildman–Crippen LogP) is 2.49. The van der Waals surface area contributed by atoms with E-state index in [0.717, 1.165) is 24.8 Å². The second kappa shape index (κ2) is 7.07. The smallest absolute Gasteiger partial charge is 0.150 e. The fraction of sp³-hybridized carbons (Fsp3) is 0.500. The Morgan fingerprint density at radius 2 is 1.82 bits per heavy atom. The Labute approximate surface area is 103 Å². The monoisotopic (exact) mass is 235 g/mol. The molecule has 1 aromatic carbocycles. The molecule has 0 amide bonds. The number of benzene rings is 1. The van der Waals surface area contributed by atoms with E-state index in [4.69, 9.17) is 5.11 Å². The van der Waals surface area contributed by atoms with Crippen molar-refractivity contribution >= 4 is 12.0 Å². The predicted molar refractivity (Wildman–Crippen MR) is 70.6 cm³/mol. The highest BCUT2D eigenvalue weighted by Gasteiger charge is 2.14. The topological polar surface area (TPSA) is 40.5 Å². The third-order valence-electron chi connectivity index (χ3n) is 3.08. The zero-order valence-corrected chi connectivity index (χ0v) is 10.6. The summed E-state index contributed by atoms with van der Waals surface area (Å²) in [5.74, 6) is 0. The Balaban J connectivity index is 2.91. The first-order valence-electron chi connectivity index (χ1n) is 6.19. The summed E-state index contributed by atoms with van der Waals surface area (Å²) in [5.41, 5.74) is 1.75. The number of hydrogen-bond acceptors (Lipinski definition) is 3. The van der Waals surface area contributed by atoms with Crippen molar-refractivity contribution in [1.29, 1.82) is 0 Å². The summed E-state index contributed by atoms with van der Waals surface area (Å²) in [6, 6.07) is 7.95. The molecule has 0 radical (unpaired) electrons. The average Bonchev–Trinajstić information content (AvgIpc) is 2.39. The fourth-order valence-electron chi connectivity index (χ4n) is 2.10. The molecule has 0 saturated heterocycles. The van der Waals surface area contributed by atoms with Crippen molar-refractivity contribution in [2.75, 3.05) is 18.1 Å². The van der Waals surface area contributed by atoms with Crippen LogP contribution in [-0.2, 0) is 0 Å². The number of hydrogen-bond donors (Lipinski definition) is 1. The number of carbonyl (C=O) groups is 1. The first-order valence-corrected chi connectivity index (χ1v) is 6.19. The lowest BCUT2D eigenvalue weighted by molar-refractivity contribution is 0.112. The van der Waals surface area contributed by atoms with Gasteiger partial charge in [0.05, 0.1) is 6.61 Å². The van der Waals surface area contributed by atoms with Crippen LogP contribution in [0.4, 0.5) is 5.69 Å². The van der Waals surface area contributed by atoms with E-state index in [2.05, 4.69) is 18.7 Å². The van der Waals surface area contributed by atoms with Gasteiger partial charge in [-0.1, -0.05) is 13.8 Å². The molecule has 3 nitrogen and oxygen atoms in total. The number of aliphatic hydroxyl groups excluding tert-OH is 1. The van der Waals surface area contributed by atoms with Gasteiger partial charge in [-0.05, 0) is 37.1 Å². The molecular formula is C14H21NO2. The van der Waals surface area contributed by atoms with Crippen molar-refractivity contribution in [3.05, 3.63) is 29.8 Å². The second-order valence-electron chi connectivity index (χ2n) is 4.10. The van der Waals surface area contributed by atoms with Gasteiger partial charge in [-0.25, -0.2) is 0 Å². The standard InChI is InChI=1S/C14H21NO2/c1-3-13(4-2)15(9-10-16)14-7-5-12(11-17)6-8-14/h5-8,11,13,16H,3-4,9-10H2,1-2H3. The van der Waals surface area contributed by atoms with Crippen molar-refractivity contribution in [2.45, 2.75) is 32.7 Å². The second-order valence-corrected chi connectivity index (χ2v) is 4.10. The Morgan fingerprint density at radius 1 is 1.24 bits per heavy atom. The van der Waals surface area contributed by atoms with Gasteiger partial charge in [-0.15, -0.1) is 0 Å². The van der Waals surface area contributed by atoms with Crippen LogP contribution in [0.25, 0.3) is 0 Å². The first-order chi connectivity index (χ1) is 8.26. The van der Waals surface area contributed by atoms with Crippen LogP contribution in [0.15, 0.2) is 24.3 Å². The summed E-state index contributed by atoms with van der Waals surface area (Å²) in [4.78, 5) is 12.8. The molecule has 0 atom stereocenters. The van der Waals surface area contributed by atoms with E-state index in [0.29, 0.717) is 18.2 Å². The van der Waals surface area contributed by atoms with E-state index < -0.39 is 0 Å². The van der Waals surface area contributed by atoms with E-state index in [9.17, 15) is 4.79 Å². The summed E-state index contributed by atoms with van der Waals surface area (Å²) in [7, 11) is 0. The molecule has 0 aromatic heterocycles. The minimum absolute atomic E-state index is 0.145. The molecule has 94 valence electrons. The van der Waals surface area contributed by atoms with Gasteiger partial charge in [0.2, 0.25) is 0 Å². The number of aliphatic hydroxyl groups is 1. The zero-order valence-electron chi connectivity index (χ0n) is 10.6. The Bertz CT molecular complexity index is 331. The third kappa shape index (κ3) is 3.56. The average molecular weight is 235 g/mol. The van der Waals surface area contributed by atoms with Crippen LogP contribution in [0.2, 0.25) is 0 Å². The van der Waals surface area contributed by atoms with E-state index in [1.807, 2.05) is 24.3 Å². The Hall–Kier alpha value is -1.35. The van der Waals surface area contributed by atoms with E-state index in [1.54, 1.807) is 0 Å². The van der Waals surface area contributed by atoms with Crippen molar-refractivity contribution in [1.82, 2.24) is 0 Å². The summed E-state index contributed by atoms with van der Waals surface area (Å²) in [6.07, 6.45) is 2.94. The molecule has 3 heteroatoms. The number of rotatable bonds is 7. The molecular weight excluding hydrogens is 214 g/mol. The minimum atomic E-state index is 0.145. The molecule has 1 aromatic rings. The maximum Gasteiger partial charge on any atom is 0.150 e. The molecule has 0 bridgehead atoms. The fourth-order valence-corrected chi connectivity index (χ4v) is 2.10. The Morgan fingerprint density at radius 3 is 2.24 bits per heavy atom. The van der Waals surface area contributed by atoms with Crippen LogP contribution in [0.1, 0.15) is 37.0 Å². The van der Waals surface area contributed by atoms with E-state index in [1.165, 1.54) is 0 Å². The summed E-state index contributed by atoms with van der Waals surface area (Å²) in [6.45, 7) is 5.08. The maximum atomic E-state index is 10.6.